The summed E-state index contributed by atoms with van der Waals surface area (Å²) in [6, 6.07) is 0. The molecule has 0 spiro atoms. The van der Waals surface area contributed by atoms with Crippen molar-refractivity contribution < 1.29 is 9.90 Å². The zero-order valence-electron chi connectivity index (χ0n) is 7.58. The molecule has 14 heavy (non-hydrogen) atoms. The van der Waals surface area contributed by atoms with Crippen molar-refractivity contribution >= 4 is 5.91 Å². The molecule has 1 rings (SSSR count). The molecule has 0 bridgehead atoms. The first-order valence-corrected chi connectivity index (χ1v) is 4.18. The summed E-state index contributed by atoms with van der Waals surface area (Å²) in [4.78, 5) is 17.3. The van der Waals surface area contributed by atoms with Crippen molar-refractivity contribution in [2.45, 2.75) is 12.8 Å². The summed E-state index contributed by atoms with van der Waals surface area (Å²) < 4.78 is 0. The number of carbonyl (C=O) groups is 1. The molecule has 0 fully saturated rings. The number of nitrogens with zero attached hydrogens (tertiary/aromatic N) is 1. The molecule has 5 heteroatoms. The summed E-state index contributed by atoms with van der Waals surface area (Å²) in [6.07, 6.45) is 2.57. The number of hydrogen-bond donors (Lipinski definition) is 3. The number of aromatic amines is 1. The Morgan fingerprint density at radius 2 is 2.50 bits per heavy atom. The normalized spacial score (nSPS) is 9.21. The Morgan fingerprint density at radius 3 is 3.14 bits per heavy atom. The fourth-order valence-electron chi connectivity index (χ4n) is 0.895. The van der Waals surface area contributed by atoms with E-state index in [9.17, 15) is 4.79 Å². The summed E-state index contributed by atoms with van der Waals surface area (Å²) in [5.41, 5.74) is 5.64. The van der Waals surface area contributed by atoms with Crippen LogP contribution in [0, 0.1) is 11.8 Å². The van der Waals surface area contributed by atoms with Gasteiger partial charge in [0.2, 0.25) is 0 Å². The van der Waals surface area contributed by atoms with Crippen LogP contribution in [0.4, 0.5) is 0 Å². The third-order valence-corrected chi connectivity index (χ3v) is 1.55. The molecule has 0 radical (unpaired) electrons. The minimum atomic E-state index is -0.599. The van der Waals surface area contributed by atoms with Crippen LogP contribution in [0.3, 0.4) is 0 Å². The molecule has 0 saturated carbocycles. The molecule has 0 unspecified atom stereocenters. The average Bonchev–Trinajstić information content (AvgIpc) is 2.60. The van der Waals surface area contributed by atoms with Gasteiger partial charge in [0.15, 0.2) is 5.69 Å². The Balaban J connectivity index is 2.69. The minimum absolute atomic E-state index is 0.111. The molecular weight excluding hydrogens is 182 g/mol. The van der Waals surface area contributed by atoms with Crippen LogP contribution in [0.1, 0.15) is 29.0 Å². The number of aliphatic hydroxyl groups excluding tert-OH is 1. The van der Waals surface area contributed by atoms with Crippen LogP contribution in [0.25, 0.3) is 0 Å². The van der Waals surface area contributed by atoms with E-state index in [0.29, 0.717) is 18.5 Å². The Morgan fingerprint density at radius 1 is 1.71 bits per heavy atom. The molecule has 0 aliphatic carbocycles. The maximum Gasteiger partial charge on any atom is 0.270 e. The highest BCUT2D eigenvalue weighted by molar-refractivity contribution is 5.92. The number of imidazole rings is 1. The van der Waals surface area contributed by atoms with Gasteiger partial charge in [-0.25, -0.2) is 4.98 Å². The molecule has 0 aliphatic rings. The summed E-state index contributed by atoms with van der Waals surface area (Å²) in [6.45, 7) is 0.111. The molecule has 1 aromatic heterocycles. The van der Waals surface area contributed by atoms with Gasteiger partial charge >= 0.3 is 0 Å². The van der Waals surface area contributed by atoms with E-state index in [1.165, 1.54) is 6.33 Å². The molecule has 1 amide bonds. The zero-order chi connectivity index (χ0) is 10.4. The molecule has 5 nitrogen and oxygen atoms in total. The van der Waals surface area contributed by atoms with E-state index >= 15 is 0 Å². The third kappa shape index (κ3) is 2.61. The van der Waals surface area contributed by atoms with Gasteiger partial charge < -0.3 is 15.8 Å². The average molecular weight is 193 g/mol. The van der Waals surface area contributed by atoms with Crippen LogP contribution < -0.4 is 5.73 Å². The van der Waals surface area contributed by atoms with Gasteiger partial charge in [-0.3, -0.25) is 4.79 Å². The van der Waals surface area contributed by atoms with Crippen molar-refractivity contribution in [1.29, 1.82) is 0 Å². The maximum absolute atomic E-state index is 10.8. The zero-order valence-corrected chi connectivity index (χ0v) is 7.58. The molecule has 0 atom stereocenters. The largest absolute Gasteiger partial charge is 0.396 e. The van der Waals surface area contributed by atoms with Gasteiger partial charge in [-0.05, 0) is 12.3 Å². The second-order valence-corrected chi connectivity index (χ2v) is 2.62. The summed E-state index contributed by atoms with van der Waals surface area (Å²) in [5, 5.41) is 8.50. The molecule has 0 saturated heterocycles. The van der Waals surface area contributed by atoms with Crippen LogP contribution in [-0.4, -0.2) is 27.6 Å². The van der Waals surface area contributed by atoms with Gasteiger partial charge in [-0.15, -0.1) is 0 Å². The van der Waals surface area contributed by atoms with Crippen LogP contribution in [-0.2, 0) is 0 Å². The molecule has 1 heterocycles. The van der Waals surface area contributed by atoms with E-state index in [2.05, 4.69) is 21.8 Å². The first-order valence-electron chi connectivity index (χ1n) is 4.18. The number of aliphatic hydroxyl groups is 1. The number of nitrogens with one attached hydrogen (secondary N) is 1. The highest BCUT2D eigenvalue weighted by Gasteiger charge is 2.07. The Labute approximate surface area is 81.3 Å². The van der Waals surface area contributed by atoms with Crippen molar-refractivity contribution in [2.24, 2.45) is 5.73 Å². The lowest BCUT2D eigenvalue weighted by Gasteiger charge is -1.88. The van der Waals surface area contributed by atoms with E-state index in [-0.39, 0.29) is 12.3 Å². The van der Waals surface area contributed by atoms with Crippen molar-refractivity contribution in [1.82, 2.24) is 9.97 Å². The number of amides is 1. The van der Waals surface area contributed by atoms with Crippen molar-refractivity contribution in [3.8, 4) is 11.8 Å². The van der Waals surface area contributed by atoms with Gasteiger partial charge in [0.25, 0.3) is 5.91 Å². The van der Waals surface area contributed by atoms with Crippen molar-refractivity contribution in [3.05, 3.63) is 17.7 Å². The lowest BCUT2D eigenvalue weighted by Crippen LogP contribution is -2.12. The second kappa shape index (κ2) is 5.04. The molecular formula is C9H11N3O2. The molecule has 0 aromatic carbocycles. The van der Waals surface area contributed by atoms with Gasteiger partial charge in [-0.2, -0.15) is 0 Å². The molecule has 0 aliphatic heterocycles. The molecule has 74 valence electrons. The van der Waals surface area contributed by atoms with Gasteiger partial charge in [0.05, 0.1) is 6.33 Å². The third-order valence-electron chi connectivity index (χ3n) is 1.55. The Bertz CT molecular complexity index is 373. The number of carbonyl (C=O) groups excluding carboxylic acids is 1. The summed E-state index contributed by atoms with van der Waals surface area (Å²) in [5.74, 6) is 4.93. The number of nitrogens with two attached hydrogens (primary N) is 1. The van der Waals surface area contributed by atoms with Crippen LogP contribution >= 0.6 is 0 Å². The first-order chi connectivity index (χ1) is 6.75. The fraction of sp³-hybridized carbons (Fsp3) is 0.333. The molecule has 4 N–H and O–H groups in total. The smallest absolute Gasteiger partial charge is 0.270 e. The van der Waals surface area contributed by atoms with E-state index in [1.54, 1.807) is 0 Å². The number of hydrogen-bond acceptors (Lipinski definition) is 3. The summed E-state index contributed by atoms with van der Waals surface area (Å²) in [7, 11) is 0. The van der Waals surface area contributed by atoms with Crippen molar-refractivity contribution in [2.75, 3.05) is 6.61 Å². The van der Waals surface area contributed by atoms with E-state index in [4.69, 9.17) is 10.8 Å². The predicted molar refractivity (Wildman–Crippen MR) is 50.3 cm³/mol. The first kappa shape index (κ1) is 10.3. The highest BCUT2D eigenvalue weighted by atomic mass is 16.2. The van der Waals surface area contributed by atoms with Crippen LogP contribution in [0.15, 0.2) is 6.33 Å². The lowest BCUT2D eigenvalue weighted by molar-refractivity contribution is 0.0996. The van der Waals surface area contributed by atoms with Gasteiger partial charge in [-0.1, -0.05) is 5.92 Å². The van der Waals surface area contributed by atoms with Gasteiger partial charge in [0.1, 0.15) is 5.69 Å². The molecule has 1 aromatic rings. The van der Waals surface area contributed by atoms with Crippen LogP contribution in [0.5, 0.6) is 0 Å². The quantitative estimate of drug-likeness (QED) is 0.452. The Hall–Kier alpha value is -1.80. The highest BCUT2D eigenvalue weighted by Crippen LogP contribution is 1.99. The number of primary amides is 1. The fourth-order valence-corrected chi connectivity index (χ4v) is 0.895. The number of H-pyrrole nitrogens is 1. The van der Waals surface area contributed by atoms with E-state index in [0.717, 1.165) is 0 Å². The second-order valence-electron chi connectivity index (χ2n) is 2.62. The topological polar surface area (TPSA) is 92.0 Å². The maximum atomic E-state index is 10.8. The minimum Gasteiger partial charge on any atom is -0.396 e. The standard InChI is InChI=1S/C9H11N3O2/c10-9(14)8-7(11-6-12-8)4-2-1-3-5-13/h6,13H,1,3,5H2,(H2,10,14)(H,11,12). The van der Waals surface area contributed by atoms with Crippen molar-refractivity contribution in [3.63, 3.8) is 0 Å². The number of unbranched alkanes of at least 4 members (excludes halogenated alkanes) is 1. The Kier molecular flexibility index (Phi) is 3.70. The summed E-state index contributed by atoms with van der Waals surface area (Å²) >= 11 is 0. The van der Waals surface area contributed by atoms with E-state index < -0.39 is 5.91 Å². The SMILES string of the molecule is NC(=O)c1nc[nH]c1C#CCCCO. The van der Waals surface area contributed by atoms with Gasteiger partial charge in [0, 0.05) is 13.0 Å². The van der Waals surface area contributed by atoms with Crippen LogP contribution in [0.2, 0.25) is 0 Å². The number of rotatable bonds is 3. The lowest BCUT2D eigenvalue weighted by atomic mass is 10.3. The van der Waals surface area contributed by atoms with E-state index in [1.807, 2.05) is 0 Å². The number of aromatic nitrogens is 2. The predicted octanol–water partition coefficient (Wildman–Crippen LogP) is -0.367. The monoisotopic (exact) mass is 193 g/mol.